The van der Waals surface area contributed by atoms with Gasteiger partial charge in [0, 0.05) is 12.8 Å². The first-order chi connectivity index (χ1) is 31.6. The van der Waals surface area contributed by atoms with E-state index in [0.717, 1.165) is 70.6 Å². The highest BCUT2D eigenvalue weighted by Crippen LogP contribution is 2.16. The molecule has 0 heterocycles. The van der Waals surface area contributed by atoms with Gasteiger partial charge in [0.05, 0.1) is 34.4 Å². The summed E-state index contributed by atoms with van der Waals surface area (Å²) < 4.78 is 22.8. The maximum absolute atomic E-state index is 12.8. The molecule has 0 aliphatic rings. The minimum absolute atomic E-state index is 0.181. The molecule has 0 spiro atoms. The van der Waals surface area contributed by atoms with Crippen molar-refractivity contribution in [2.45, 2.75) is 245 Å². The lowest BCUT2D eigenvalue weighted by atomic mass is 10.0. The van der Waals surface area contributed by atoms with Gasteiger partial charge in [-0.05, 0) is 51.4 Å². The fourth-order valence-electron chi connectivity index (χ4n) is 7.48. The Bertz CT molecular complexity index is 1210. The summed E-state index contributed by atoms with van der Waals surface area (Å²) in [6.45, 7) is 4.78. The van der Waals surface area contributed by atoms with Crippen LogP contribution in [-0.2, 0) is 33.3 Å². The largest absolute Gasteiger partial charge is 0.477 e. The second-order valence-corrected chi connectivity index (χ2v) is 19.2. The van der Waals surface area contributed by atoms with E-state index in [1.54, 1.807) is 0 Å². The zero-order valence-corrected chi connectivity index (χ0v) is 42.9. The van der Waals surface area contributed by atoms with Crippen molar-refractivity contribution in [1.29, 1.82) is 0 Å². The van der Waals surface area contributed by atoms with Crippen LogP contribution in [0.3, 0.4) is 0 Å². The van der Waals surface area contributed by atoms with E-state index in [-0.39, 0.29) is 32.2 Å². The Labute approximate surface area is 400 Å². The van der Waals surface area contributed by atoms with E-state index in [4.69, 9.17) is 18.9 Å². The molecule has 9 nitrogen and oxygen atoms in total. The molecule has 0 bridgehead atoms. The summed E-state index contributed by atoms with van der Waals surface area (Å²) in [4.78, 5) is 37.3. The second-order valence-electron chi connectivity index (χ2n) is 19.2. The van der Waals surface area contributed by atoms with Crippen molar-refractivity contribution in [3.05, 3.63) is 48.6 Å². The average Bonchev–Trinajstić information content (AvgIpc) is 3.27. The number of hydrogen-bond donors (Lipinski definition) is 1. The number of unbranched alkanes of at least 4 members (excludes halogenated alkanes) is 26. The molecule has 0 fully saturated rings. The average molecular weight is 917 g/mol. The molecule has 2 atom stereocenters. The van der Waals surface area contributed by atoms with E-state index in [0.29, 0.717) is 23.9 Å². The number of carbonyl (C=O) groups excluding carboxylic acids is 2. The van der Waals surface area contributed by atoms with E-state index < -0.39 is 24.3 Å². The number of quaternary nitrogens is 1. The molecule has 0 radical (unpaired) electrons. The molecule has 0 aliphatic heterocycles. The van der Waals surface area contributed by atoms with Crippen molar-refractivity contribution in [3.8, 4) is 0 Å². The van der Waals surface area contributed by atoms with Crippen LogP contribution in [0, 0.1) is 0 Å². The van der Waals surface area contributed by atoms with Gasteiger partial charge in [0.25, 0.3) is 6.29 Å². The van der Waals surface area contributed by atoms with E-state index in [1.165, 1.54) is 128 Å². The third-order valence-corrected chi connectivity index (χ3v) is 11.6. The van der Waals surface area contributed by atoms with Crippen LogP contribution >= 0.6 is 0 Å². The van der Waals surface area contributed by atoms with E-state index in [9.17, 15) is 19.5 Å². The first-order valence-corrected chi connectivity index (χ1v) is 26.8. The molecule has 2 unspecified atom stereocenters. The fourth-order valence-corrected chi connectivity index (χ4v) is 7.48. The minimum Gasteiger partial charge on any atom is -0.477 e. The summed E-state index contributed by atoms with van der Waals surface area (Å²) in [6, 6.07) is 0. The highest BCUT2D eigenvalue weighted by atomic mass is 16.7. The number of carbonyl (C=O) groups is 3. The number of carboxylic acid groups (broad SMARTS) is 1. The van der Waals surface area contributed by atoms with Crippen LogP contribution in [0.5, 0.6) is 0 Å². The topological polar surface area (TPSA) is 108 Å². The number of allylic oxidation sites excluding steroid dienone is 8. The number of esters is 2. The van der Waals surface area contributed by atoms with Gasteiger partial charge in [-0.2, -0.15) is 0 Å². The lowest BCUT2D eigenvalue weighted by molar-refractivity contribution is -0.870. The SMILES string of the molecule is CC/C=C\C/C=C\C/C=C\C/C=C\CCCCCCCCCCCCC(=O)OC(COC(=O)CCCCCCCCCCCCCCCCCCC)COC(OCC[N+](C)(C)C)C(=O)O. The van der Waals surface area contributed by atoms with Crippen LogP contribution in [0.25, 0.3) is 0 Å². The lowest BCUT2D eigenvalue weighted by Crippen LogP contribution is -2.40. The Kier molecular flexibility index (Phi) is 45.7. The van der Waals surface area contributed by atoms with E-state index in [1.807, 2.05) is 21.1 Å². The molecular weight excluding hydrogens is 815 g/mol. The van der Waals surface area contributed by atoms with Crippen molar-refractivity contribution < 1.29 is 42.9 Å². The number of carboxylic acids is 1. The summed E-state index contributed by atoms with van der Waals surface area (Å²) in [6.07, 6.45) is 54.6. The molecule has 0 amide bonds. The summed E-state index contributed by atoms with van der Waals surface area (Å²) >= 11 is 0. The Balaban J connectivity index is 4.29. The summed E-state index contributed by atoms with van der Waals surface area (Å²) in [7, 11) is 5.96. The highest BCUT2D eigenvalue weighted by Gasteiger charge is 2.25. The number of hydrogen-bond acceptors (Lipinski definition) is 7. The standard InChI is InChI=1S/C56H101NO8/c1-6-8-10-12-14-16-18-20-22-24-25-26-27-28-29-31-33-35-37-39-41-43-45-47-54(59)65-52(51-64-56(55(60)61)62-49-48-57(3,4)5)50-63-53(58)46-44-42-40-38-36-34-32-30-23-21-19-17-15-13-11-9-7-2/h8,10,14,16,20,22,25-26,52,56H,6-7,9,11-13,15,17-19,21,23-24,27-51H2,1-5H3/p+1/b10-8-,16-14-,22-20-,26-25-. The quantitative estimate of drug-likeness (QED) is 0.0211. The summed E-state index contributed by atoms with van der Waals surface area (Å²) in [5, 5.41) is 9.68. The zero-order valence-electron chi connectivity index (χ0n) is 42.9. The van der Waals surface area contributed by atoms with Crippen molar-refractivity contribution in [2.24, 2.45) is 0 Å². The molecule has 0 aliphatic carbocycles. The summed E-state index contributed by atoms with van der Waals surface area (Å²) in [5.41, 5.74) is 0. The first-order valence-electron chi connectivity index (χ1n) is 26.8. The number of nitrogens with zero attached hydrogens (tertiary/aromatic N) is 1. The van der Waals surface area contributed by atoms with Crippen molar-refractivity contribution in [1.82, 2.24) is 0 Å². The van der Waals surface area contributed by atoms with Crippen LogP contribution < -0.4 is 0 Å². The normalized spacial score (nSPS) is 13.2. The Hall–Kier alpha value is -2.75. The van der Waals surface area contributed by atoms with Crippen LogP contribution in [-0.4, -0.2) is 87.4 Å². The molecule has 0 aromatic carbocycles. The van der Waals surface area contributed by atoms with Crippen LogP contribution in [0.4, 0.5) is 0 Å². The highest BCUT2D eigenvalue weighted by molar-refractivity contribution is 5.71. The number of aliphatic carboxylic acids is 1. The molecule has 378 valence electrons. The van der Waals surface area contributed by atoms with Gasteiger partial charge in [-0.1, -0.05) is 217 Å². The molecule has 0 aromatic rings. The van der Waals surface area contributed by atoms with Gasteiger partial charge >= 0.3 is 17.9 Å². The van der Waals surface area contributed by atoms with Crippen LogP contribution in [0.2, 0.25) is 0 Å². The van der Waals surface area contributed by atoms with Gasteiger partial charge < -0.3 is 28.5 Å². The van der Waals surface area contributed by atoms with Gasteiger partial charge in [-0.25, -0.2) is 4.79 Å². The fraction of sp³-hybridized carbons (Fsp3) is 0.804. The van der Waals surface area contributed by atoms with E-state index in [2.05, 4.69) is 62.5 Å². The Morgan fingerprint density at radius 1 is 0.477 bits per heavy atom. The maximum atomic E-state index is 12.8. The van der Waals surface area contributed by atoms with Gasteiger partial charge in [-0.15, -0.1) is 0 Å². The van der Waals surface area contributed by atoms with Crippen molar-refractivity contribution in [2.75, 3.05) is 47.5 Å². The zero-order chi connectivity index (χ0) is 47.7. The third kappa shape index (κ3) is 49.0. The Morgan fingerprint density at radius 3 is 1.31 bits per heavy atom. The third-order valence-electron chi connectivity index (χ3n) is 11.6. The van der Waals surface area contributed by atoms with Gasteiger partial charge in [0.1, 0.15) is 13.2 Å². The van der Waals surface area contributed by atoms with Crippen LogP contribution in [0.1, 0.15) is 232 Å². The first kappa shape index (κ1) is 62.2. The number of likely N-dealkylation sites (N-methyl/N-ethyl adjacent to an activating group) is 1. The molecule has 0 saturated heterocycles. The second kappa shape index (κ2) is 47.7. The van der Waals surface area contributed by atoms with Crippen LogP contribution in [0.15, 0.2) is 48.6 Å². The monoisotopic (exact) mass is 917 g/mol. The molecular formula is C56H102NO8+. The molecule has 0 aromatic heterocycles. The molecule has 0 saturated carbocycles. The molecule has 65 heavy (non-hydrogen) atoms. The lowest BCUT2D eigenvalue weighted by Gasteiger charge is -2.25. The van der Waals surface area contributed by atoms with Gasteiger partial charge in [-0.3, -0.25) is 9.59 Å². The number of rotatable bonds is 49. The molecule has 0 rings (SSSR count). The van der Waals surface area contributed by atoms with Gasteiger partial charge in [0.15, 0.2) is 6.10 Å². The Morgan fingerprint density at radius 2 is 0.877 bits per heavy atom. The smallest absolute Gasteiger partial charge is 0.361 e. The van der Waals surface area contributed by atoms with Gasteiger partial charge in [0.2, 0.25) is 0 Å². The maximum Gasteiger partial charge on any atom is 0.361 e. The predicted molar refractivity (Wildman–Crippen MR) is 272 cm³/mol. The van der Waals surface area contributed by atoms with Crippen molar-refractivity contribution in [3.63, 3.8) is 0 Å². The number of ether oxygens (including phenoxy) is 4. The van der Waals surface area contributed by atoms with Crippen molar-refractivity contribution >= 4 is 17.9 Å². The molecule has 9 heteroatoms. The van der Waals surface area contributed by atoms with E-state index >= 15 is 0 Å². The molecule has 1 N–H and O–H groups in total. The predicted octanol–water partition coefficient (Wildman–Crippen LogP) is 15.1. The minimum atomic E-state index is -1.51. The summed E-state index contributed by atoms with van der Waals surface area (Å²) in [5.74, 6) is -2.00.